The maximum absolute atomic E-state index is 5.73. The molecular weight excluding hydrogens is 320 g/mol. The molecule has 0 aliphatic heterocycles. The first-order valence-corrected chi connectivity index (χ1v) is 8.66. The highest BCUT2D eigenvalue weighted by atomic mass is 14.8. The minimum absolute atomic E-state index is 0.507. The summed E-state index contributed by atoms with van der Waals surface area (Å²) in [7, 11) is 0. The van der Waals surface area contributed by atoms with Crippen LogP contribution in [0.2, 0.25) is 0 Å². The standard InChI is InChI=1S/C22H22N4/c1-5-21-20(8-6-17-7-9-22(23)26-16(17)4)19(10-11-24-21)18-12-14(2)25-15(3)13-18/h7,9-13H,5H2,1-4H3,(H2,23,26). The number of pyridine rings is 3. The molecule has 3 rings (SSSR count). The molecule has 0 amide bonds. The van der Waals surface area contributed by atoms with E-state index in [0.29, 0.717) is 5.82 Å². The molecule has 4 nitrogen and oxygen atoms in total. The summed E-state index contributed by atoms with van der Waals surface area (Å²) in [6, 6.07) is 9.88. The summed E-state index contributed by atoms with van der Waals surface area (Å²) in [5, 5.41) is 0. The third kappa shape index (κ3) is 3.73. The molecule has 0 aromatic carbocycles. The van der Waals surface area contributed by atoms with E-state index in [1.54, 1.807) is 6.07 Å². The summed E-state index contributed by atoms with van der Waals surface area (Å²) in [6.45, 7) is 8.03. The van der Waals surface area contributed by atoms with Gasteiger partial charge in [-0.25, -0.2) is 4.98 Å². The van der Waals surface area contributed by atoms with Crippen LogP contribution in [0.25, 0.3) is 11.1 Å². The Bertz CT molecular complexity index is 1010. The Morgan fingerprint density at radius 3 is 2.35 bits per heavy atom. The van der Waals surface area contributed by atoms with E-state index in [9.17, 15) is 0 Å². The second kappa shape index (κ2) is 7.37. The average molecular weight is 342 g/mol. The number of nitrogen functional groups attached to an aromatic ring is 1. The fourth-order valence-electron chi connectivity index (χ4n) is 2.99. The van der Waals surface area contributed by atoms with E-state index in [1.807, 2.05) is 39.1 Å². The number of rotatable bonds is 2. The van der Waals surface area contributed by atoms with Gasteiger partial charge in [-0.1, -0.05) is 18.8 Å². The monoisotopic (exact) mass is 342 g/mol. The quantitative estimate of drug-likeness (QED) is 0.715. The number of aromatic nitrogens is 3. The molecule has 0 fully saturated rings. The zero-order chi connectivity index (χ0) is 18.7. The van der Waals surface area contributed by atoms with Gasteiger partial charge in [0.25, 0.3) is 0 Å². The number of nitrogens with zero attached hydrogens (tertiary/aromatic N) is 3. The van der Waals surface area contributed by atoms with Crippen LogP contribution in [0.5, 0.6) is 0 Å². The maximum atomic E-state index is 5.73. The largest absolute Gasteiger partial charge is 0.384 e. The van der Waals surface area contributed by atoms with Crippen LogP contribution in [0.1, 0.15) is 40.8 Å². The fraction of sp³-hybridized carbons (Fsp3) is 0.227. The molecule has 0 bridgehead atoms. The highest BCUT2D eigenvalue weighted by Crippen LogP contribution is 2.26. The summed E-state index contributed by atoms with van der Waals surface area (Å²) in [5.74, 6) is 7.09. The molecule has 0 saturated carbocycles. The Kier molecular flexibility index (Phi) is 4.99. The minimum Gasteiger partial charge on any atom is -0.384 e. The molecule has 3 aromatic heterocycles. The molecule has 0 spiro atoms. The Balaban J connectivity index is 2.16. The predicted octanol–water partition coefficient (Wildman–Crippen LogP) is 4.01. The van der Waals surface area contributed by atoms with Crippen LogP contribution in [-0.2, 0) is 6.42 Å². The Morgan fingerprint density at radius 1 is 0.962 bits per heavy atom. The smallest absolute Gasteiger partial charge is 0.123 e. The molecule has 0 saturated heterocycles. The van der Waals surface area contributed by atoms with Gasteiger partial charge in [0.2, 0.25) is 0 Å². The van der Waals surface area contributed by atoms with Crippen LogP contribution in [0.15, 0.2) is 36.5 Å². The molecule has 3 aromatic rings. The van der Waals surface area contributed by atoms with Crippen LogP contribution >= 0.6 is 0 Å². The first-order chi connectivity index (χ1) is 12.5. The number of aryl methyl sites for hydroxylation is 4. The third-order valence-electron chi connectivity index (χ3n) is 4.19. The van der Waals surface area contributed by atoms with E-state index in [2.05, 4.69) is 45.8 Å². The van der Waals surface area contributed by atoms with Crippen LogP contribution in [0, 0.1) is 32.6 Å². The van der Waals surface area contributed by atoms with E-state index in [4.69, 9.17) is 5.73 Å². The Hall–Kier alpha value is -3.19. The first-order valence-electron chi connectivity index (χ1n) is 8.66. The summed E-state index contributed by atoms with van der Waals surface area (Å²) >= 11 is 0. The van der Waals surface area contributed by atoms with Crippen molar-refractivity contribution in [2.24, 2.45) is 0 Å². The van der Waals surface area contributed by atoms with Gasteiger partial charge in [0.05, 0.1) is 17.0 Å². The van der Waals surface area contributed by atoms with E-state index in [-0.39, 0.29) is 0 Å². The third-order valence-corrected chi connectivity index (χ3v) is 4.19. The molecule has 4 heteroatoms. The van der Waals surface area contributed by atoms with Gasteiger partial charge in [0.15, 0.2) is 0 Å². The topological polar surface area (TPSA) is 64.7 Å². The van der Waals surface area contributed by atoms with Crippen LogP contribution in [0.4, 0.5) is 5.82 Å². The molecule has 0 aliphatic carbocycles. The van der Waals surface area contributed by atoms with E-state index < -0.39 is 0 Å². The summed E-state index contributed by atoms with van der Waals surface area (Å²) in [4.78, 5) is 13.3. The van der Waals surface area contributed by atoms with Gasteiger partial charge in [-0.3, -0.25) is 9.97 Å². The SMILES string of the molecule is CCc1nccc(-c2cc(C)nc(C)c2)c1C#Cc1ccc(N)nc1C. The lowest BCUT2D eigenvalue weighted by Crippen LogP contribution is -1.98. The van der Waals surface area contributed by atoms with Crippen molar-refractivity contribution in [3.8, 4) is 23.0 Å². The van der Waals surface area contributed by atoms with Gasteiger partial charge in [0.1, 0.15) is 5.82 Å². The van der Waals surface area contributed by atoms with Crippen LogP contribution in [0.3, 0.4) is 0 Å². The molecular formula is C22H22N4. The summed E-state index contributed by atoms with van der Waals surface area (Å²) in [6.07, 6.45) is 2.67. The molecule has 0 atom stereocenters. The van der Waals surface area contributed by atoms with E-state index in [1.165, 1.54) is 0 Å². The van der Waals surface area contributed by atoms with Crippen molar-refractivity contribution in [1.82, 2.24) is 15.0 Å². The number of hydrogen-bond acceptors (Lipinski definition) is 4. The van der Waals surface area contributed by atoms with Crippen molar-refractivity contribution in [1.29, 1.82) is 0 Å². The van der Waals surface area contributed by atoms with Crippen molar-refractivity contribution in [3.63, 3.8) is 0 Å². The zero-order valence-electron chi connectivity index (χ0n) is 15.6. The van der Waals surface area contributed by atoms with E-state index in [0.717, 1.165) is 51.5 Å². The highest BCUT2D eigenvalue weighted by molar-refractivity contribution is 5.73. The van der Waals surface area contributed by atoms with Crippen molar-refractivity contribution in [3.05, 3.63) is 70.4 Å². The molecule has 0 radical (unpaired) electrons. The maximum Gasteiger partial charge on any atom is 0.123 e. The van der Waals surface area contributed by atoms with Gasteiger partial charge >= 0.3 is 0 Å². The molecule has 3 heterocycles. The fourth-order valence-corrected chi connectivity index (χ4v) is 2.99. The lowest BCUT2D eigenvalue weighted by Gasteiger charge is -2.10. The first kappa shape index (κ1) is 17.6. The molecule has 0 aliphatic rings. The number of nitrogens with two attached hydrogens (primary N) is 1. The van der Waals surface area contributed by atoms with Gasteiger partial charge in [-0.2, -0.15) is 0 Å². The zero-order valence-corrected chi connectivity index (χ0v) is 15.6. The normalized spacial score (nSPS) is 10.3. The number of hydrogen-bond donors (Lipinski definition) is 1. The summed E-state index contributed by atoms with van der Waals surface area (Å²) < 4.78 is 0. The van der Waals surface area contributed by atoms with Crippen LogP contribution in [-0.4, -0.2) is 15.0 Å². The van der Waals surface area contributed by atoms with Gasteiger partial charge in [-0.15, -0.1) is 0 Å². The summed E-state index contributed by atoms with van der Waals surface area (Å²) in [5.41, 5.74) is 13.6. The second-order valence-electron chi connectivity index (χ2n) is 6.29. The lowest BCUT2D eigenvalue weighted by atomic mass is 9.97. The van der Waals surface area contributed by atoms with Gasteiger partial charge in [0, 0.05) is 28.7 Å². The second-order valence-corrected chi connectivity index (χ2v) is 6.29. The minimum atomic E-state index is 0.507. The average Bonchev–Trinajstić information content (AvgIpc) is 2.60. The van der Waals surface area contributed by atoms with Crippen LogP contribution < -0.4 is 5.73 Å². The van der Waals surface area contributed by atoms with E-state index >= 15 is 0 Å². The predicted molar refractivity (Wildman–Crippen MR) is 106 cm³/mol. The highest BCUT2D eigenvalue weighted by Gasteiger charge is 2.10. The van der Waals surface area contributed by atoms with Crippen molar-refractivity contribution in [2.45, 2.75) is 34.1 Å². The Morgan fingerprint density at radius 2 is 1.69 bits per heavy atom. The van der Waals surface area contributed by atoms with Crippen molar-refractivity contribution in [2.75, 3.05) is 5.73 Å². The van der Waals surface area contributed by atoms with Gasteiger partial charge in [-0.05, 0) is 63.1 Å². The molecule has 26 heavy (non-hydrogen) atoms. The molecule has 2 N–H and O–H groups in total. The van der Waals surface area contributed by atoms with Crippen molar-refractivity contribution >= 4 is 5.82 Å². The number of anilines is 1. The lowest BCUT2D eigenvalue weighted by molar-refractivity contribution is 1.03. The molecule has 130 valence electrons. The Labute approximate surface area is 154 Å². The van der Waals surface area contributed by atoms with Crippen molar-refractivity contribution < 1.29 is 0 Å². The molecule has 0 unspecified atom stereocenters. The van der Waals surface area contributed by atoms with Gasteiger partial charge < -0.3 is 5.73 Å².